The van der Waals surface area contributed by atoms with Crippen LogP contribution in [0.1, 0.15) is 23.1 Å². The van der Waals surface area contributed by atoms with E-state index < -0.39 is 0 Å². The second-order valence-electron chi connectivity index (χ2n) is 5.39. The monoisotopic (exact) mass is 243 g/mol. The maximum atomic E-state index is 8.87. The summed E-state index contributed by atoms with van der Waals surface area (Å²) in [6, 6.07) is 8.87. The number of benzene rings is 1. The largest absolute Gasteiger partial charge is 0.305 e. The molecule has 1 aliphatic rings. The molecule has 1 aromatic carbocycles. The lowest BCUT2D eigenvalue weighted by Gasteiger charge is -2.21. The fraction of sp³-hybridized carbons (Fsp3) is 0.533. The molecule has 1 atom stereocenters. The van der Waals surface area contributed by atoms with Gasteiger partial charge in [-0.25, -0.2) is 0 Å². The third kappa shape index (κ3) is 2.90. The van der Waals surface area contributed by atoms with E-state index in [1.165, 1.54) is 24.1 Å². The Morgan fingerprint density at radius 1 is 1.44 bits per heavy atom. The number of hydrogen-bond acceptors (Lipinski definition) is 3. The molecule has 0 radical (unpaired) electrons. The lowest BCUT2D eigenvalue weighted by molar-refractivity contribution is 0.264. The number of hydrogen-bond donors (Lipinski definition) is 0. The fourth-order valence-electron chi connectivity index (χ4n) is 2.56. The van der Waals surface area contributed by atoms with Gasteiger partial charge >= 0.3 is 0 Å². The topological polar surface area (TPSA) is 30.3 Å². The van der Waals surface area contributed by atoms with E-state index in [-0.39, 0.29) is 0 Å². The SMILES string of the molecule is Cc1cc(C#N)ccc1CN1CCC(N(C)C)C1. The third-order valence-corrected chi connectivity index (χ3v) is 3.84. The normalized spacial score (nSPS) is 20.3. The van der Waals surface area contributed by atoms with Crippen molar-refractivity contribution in [3.8, 4) is 6.07 Å². The van der Waals surface area contributed by atoms with Crippen LogP contribution in [0, 0.1) is 18.3 Å². The predicted octanol–water partition coefficient (Wildman–Crippen LogP) is 2.00. The molecule has 0 saturated carbocycles. The smallest absolute Gasteiger partial charge is 0.0991 e. The Labute approximate surface area is 110 Å². The van der Waals surface area contributed by atoms with E-state index >= 15 is 0 Å². The van der Waals surface area contributed by atoms with Crippen molar-refractivity contribution in [2.24, 2.45) is 0 Å². The second-order valence-corrected chi connectivity index (χ2v) is 5.39. The highest BCUT2D eigenvalue weighted by Crippen LogP contribution is 2.18. The number of nitriles is 1. The van der Waals surface area contributed by atoms with E-state index in [1.54, 1.807) is 0 Å². The molecule has 0 spiro atoms. The Morgan fingerprint density at radius 3 is 2.78 bits per heavy atom. The minimum atomic E-state index is 0.684. The van der Waals surface area contributed by atoms with Gasteiger partial charge in [-0.2, -0.15) is 5.26 Å². The predicted molar refractivity (Wildman–Crippen MR) is 73.3 cm³/mol. The molecule has 1 aliphatic heterocycles. The van der Waals surface area contributed by atoms with Crippen LogP contribution in [-0.4, -0.2) is 43.0 Å². The van der Waals surface area contributed by atoms with Gasteiger partial charge in [-0.05, 0) is 50.7 Å². The minimum Gasteiger partial charge on any atom is -0.305 e. The van der Waals surface area contributed by atoms with Gasteiger partial charge in [0.1, 0.15) is 0 Å². The highest BCUT2D eigenvalue weighted by molar-refractivity contribution is 5.37. The van der Waals surface area contributed by atoms with Gasteiger partial charge in [0, 0.05) is 25.7 Å². The van der Waals surface area contributed by atoms with Crippen LogP contribution < -0.4 is 0 Å². The van der Waals surface area contributed by atoms with Crippen molar-refractivity contribution >= 4 is 0 Å². The number of likely N-dealkylation sites (N-methyl/N-ethyl adjacent to an activating group) is 1. The molecule has 1 saturated heterocycles. The highest BCUT2D eigenvalue weighted by atomic mass is 15.2. The molecule has 1 fully saturated rings. The van der Waals surface area contributed by atoms with Gasteiger partial charge in [-0.3, -0.25) is 4.90 Å². The first-order valence-corrected chi connectivity index (χ1v) is 6.48. The molecule has 0 aliphatic carbocycles. The quantitative estimate of drug-likeness (QED) is 0.813. The Hall–Kier alpha value is -1.37. The summed E-state index contributed by atoms with van der Waals surface area (Å²) in [5.41, 5.74) is 3.32. The molecular weight excluding hydrogens is 222 g/mol. The van der Waals surface area contributed by atoms with Crippen LogP contribution in [0.2, 0.25) is 0 Å². The zero-order valence-electron chi connectivity index (χ0n) is 11.5. The van der Waals surface area contributed by atoms with E-state index in [1.807, 2.05) is 12.1 Å². The third-order valence-electron chi connectivity index (χ3n) is 3.84. The Morgan fingerprint density at radius 2 is 2.22 bits per heavy atom. The van der Waals surface area contributed by atoms with E-state index in [0.29, 0.717) is 6.04 Å². The molecule has 2 rings (SSSR count). The van der Waals surface area contributed by atoms with Crippen molar-refractivity contribution in [3.05, 3.63) is 34.9 Å². The first kappa shape index (κ1) is 13.1. The van der Waals surface area contributed by atoms with Gasteiger partial charge in [0.2, 0.25) is 0 Å². The second kappa shape index (κ2) is 5.51. The van der Waals surface area contributed by atoms with Crippen molar-refractivity contribution < 1.29 is 0 Å². The molecular formula is C15H21N3. The Balaban J connectivity index is 2.01. The molecule has 0 amide bonds. The number of likely N-dealkylation sites (tertiary alicyclic amines) is 1. The molecule has 0 aromatic heterocycles. The molecule has 0 bridgehead atoms. The summed E-state index contributed by atoms with van der Waals surface area (Å²) in [5.74, 6) is 0. The maximum absolute atomic E-state index is 8.87. The van der Waals surface area contributed by atoms with Crippen molar-refractivity contribution in [2.45, 2.75) is 25.9 Å². The molecule has 3 heteroatoms. The zero-order chi connectivity index (χ0) is 13.1. The maximum Gasteiger partial charge on any atom is 0.0991 e. The first-order chi connectivity index (χ1) is 8.60. The van der Waals surface area contributed by atoms with Crippen LogP contribution in [0.15, 0.2) is 18.2 Å². The molecule has 96 valence electrons. The van der Waals surface area contributed by atoms with Gasteiger partial charge in [-0.1, -0.05) is 6.07 Å². The summed E-state index contributed by atoms with van der Waals surface area (Å²) in [4.78, 5) is 4.81. The lowest BCUT2D eigenvalue weighted by atomic mass is 10.1. The van der Waals surface area contributed by atoms with Crippen LogP contribution in [0.3, 0.4) is 0 Å². The van der Waals surface area contributed by atoms with Gasteiger partial charge in [-0.15, -0.1) is 0 Å². The highest BCUT2D eigenvalue weighted by Gasteiger charge is 2.23. The molecule has 1 unspecified atom stereocenters. The van der Waals surface area contributed by atoms with Crippen molar-refractivity contribution in [1.82, 2.24) is 9.80 Å². The summed E-state index contributed by atoms with van der Waals surface area (Å²) in [5, 5.41) is 8.87. The van der Waals surface area contributed by atoms with E-state index in [4.69, 9.17) is 5.26 Å². The molecule has 0 N–H and O–H groups in total. The minimum absolute atomic E-state index is 0.684. The van der Waals surface area contributed by atoms with Gasteiger partial charge < -0.3 is 4.90 Å². The molecule has 1 aromatic rings. The van der Waals surface area contributed by atoms with Crippen molar-refractivity contribution in [2.75, 3.05) is 27.2 Å². The van der Waals surface area contributed by atoms with Crippen LogP contribution in [0.25, 0.3) is 0 Å². The van der Waals surface area contributed by atoms with Gasteiger partial charge in [0.15, 0.2) is 0 Å². The number of rotatable bonds is 3. The van der Waals surface area contributed by atoms with Crippen LogP contribution in [-0.2, 0) is 6.54 Å². The van der Waals surface area contributed by atoms with Gasteiger partial charge in [0.25, 0.3) is 0 Å². The summed E-state index contributed by atoms with van der Waals surface area (Å²) >= 11 is 0. The number of aryl methyl sites for hydroxylation is 1. The molecule has 18 heavy (non-hydrogen) atoms. The summed E-state index contributed by atoms with van der Waals surface area (Å²) in [6.45, 7) is 5.41. The lowest BCUT2D eigenvalue weighted by Crippen LogP contribution is -2.31. The average Bonchev–Trinajstić information content (AvgIpc) is 2.80. The summed E-state index contributed by atoms with van der Waals surface area (Å²) in [6.07, 6.45) is 1.25. The fourth-order valence-corrected chi connectivity index (χ4v) is 2.56. The van der Waals surface area contributed by atoms with E-state index in [0.717, 1.165) is 18.7 Å². The van der Waals surface area contributed by atoms with Crippen LogP contribution in [0.5, 0.6) is 0 Å². The number of nitrogens with zero attached hydrogens (tertiary/aromatic N) is 3. The van der Waals surface area contributed by atoms with E-state index in [9.17, 15) is 0 Å². The summed E-state index contributed by atoms with van der Waals surface area (Å²) < 4.78 is 0. The molecule has 1 heterocycles. The molecule has 3 nitrogen and oxygen atoms in total. The van der Waals surface area contributed by atoms with Gasteiger partial charge in [0.05, 0.1) is 11.6 Å². The van der Waals surface area contributed by atoms with Crippen molar-refractivity contribution in [3.63, 3.8) is 0 Å². The van der Waals surface area contributed by atoms with Crippen molar-refractivity contribution in [1.29, 1.82) is 5.26 Å². The standard InChI is InChI=1S/C15H21N3/c1-12-8-13(9-16)4-5-14(12)10-18-7-6-15(11-18)17(2)3/h4-5,8,15H,6-7,10-11H2,1-3H3. The average molecular weight is 243 g/mol. The van der Waals surface area contributed by atoms with E-state index in [2.05, 4.69) is 43.0 Å². The zero-order valence-corrected chi connectivity index (χ0v) is 11.5. The Bertz CT molecular complexity index is 459. The first-order valence-electron chi connectivity index (χ1n) is 6.48. The summed E-state index contributed by atoms with van der Waals surface area (Å²) in [7, 11) is 4.31. The Kier molecular flexibility index (Phi) is 4.00. The van der Waals surface area contributed by atoms with Crippen LogP contribution in [0.4, 0.5) is 0 Å². The van der Waals surface area contributed by atoms with Crippen LogP contribution >= 0.6 is 0 Å².